The number of hydrogen-bond acceptors (Lipinski definition) is 4. The number of rotatable bonds is 10. The van der Waals surface area contributed by atoms with Crippen LogP contribution in [0.1, 0.15) is 96.1 Å². The van der Waals surface area contributed by atoms with Crippen LogP contribution in [-0.2, 0) is 9.59 Å². The predicted octanol–water partition coefficient (Wildman–Crippen LogP) is 6.13. The van der Waals surface area contributed by atoms with Crippen molar-refractivity contribution in [1.29, 1.82) is 0 Å². The first-order valence-electron chi connectivity index (χ1n) is 16.3. The standard InChI is InChI=1S/C38H42N4O4/c43-35(29-13-5-1-6-14-29)41-33(37(45)39-31-17-9-3-10-18-31)25-27-21-23-28(24-22-27)26-34(38(46)40-32-19-11-4-12-20-32)42-36(44)30-15-7-2-8-16-30/h1-2,5-8,13-16,21-26,31-32H,3-4,9-12,17-20H2,(H,39,45)(H,40,46)(H,41,43)(H,42,44). The second-order valence-electron chi connectivity index (χ2n) is 12.0. The molecule has 0 heterocycles. The van der Waals surface area contributed by atoms with Gasteiger partial charge in [0, 0.05) is 23.2 Å². The Morgan fingerprint density at radius 3 is 1.17 bits per heavy atom. The Kier molecular flexibility index (Phi) is 11.5. The van der Waals surface area contributed by atoms with Crippen LogP contribution in [0.4, 0.5) is 0 Å². The molecule has 0 atom stereocenters. The molecule has 0 aromatic heterocycles. The first-order valence-corrected chi connectivity index (χ1v) is 16.3. The van der Waals surface area contributed by atoms with Crippen molar-refractivity contribution in [2.75, 3.05) is 0 Å². The van der Waals surface area contributed by atoms with E-state index in [1.807, 2.05) is 36.4 Å². The molecule has 2 aliphatic carbocycles. The minimum absolute atomic E-state index is 0.0788. The van der Waals surface area contributed by atoms with Gasteiger partial charge in [0.2, 0.25) is 0 Å². The Morgan fingerprint density at radius 1 is 0.478 bits per heavy atom. The molecule has 0 aliphatic heterocycles. The van der Waals surface area contributed by atoms with Crippen LogP contribution < -0.4 is 21.3 Å². The van der Waals surface area contributed by atoms with Crippen LogP contribution in [0.3, 0.4) is 0 Å². The van der Waals surface area contributed by atoms with E-state index in [4.69, 9.17) is 0 Å². The average molecular weight is 619 g/mol. The molecule has 0 bridgehead atoms. The van der Waals surface area contributed by atoms with Crippen molar-refractivity contribution in [3.05, 3.63) is 119 Å². The third kappa shape index (κ3) is 9.51. The van der Waals surface area contributed by atoms with E-state index in [0.29, 0.717) is 22.3 Å². The maximum absolute atomic E-state index is 13.4. The Labute approximate surface area is 270 Å². The molecule has 46 heavy (non-hydrogen) atoms. The normalized spacial score (nSPS) is 16.3. The van der Waals surface area contributed by atoms with Gasteiger partial charge in [0.05, 0.1) is 0 Å². The number of carbonyl (C=O) groups excluding carboxylic acids is 4. The maximum Gasteiger partial charge on any atom is 0.268 e. The summed E-state index contributed by atoms with van der Waals surface area (Å²) in [7, 11) is 0. The SMILES string of the molecule is O=C(NC1CCCCC1)C(=Cc1ccc(C=C(NC(=O)c2ccccc2)C(=O)NC2CCCCC2)cc1)NC(=O)c1ccccc1. The molecule has 2 saturated carbocycles. The Bertz CT molecular complexity index is 1430. The monoisotopic (exact) mass is 618 g/mol. The highest BCUT2D eigenvalue weighted by Crippen LogP contribution is 2.20. The van der Waals surface area contributed by atoms with Crippen molar-refractivity contribution in [3.8, 4) is 0 Å². The third-order valence-corrected chi connectivity index (χ3v) is 8.50. The fourth-order valence-electron chi connectivity index (χ4n) is 5.93. The lowest BCUT2D eigenvalue weighted by atomic mass is 9.95. The summed E-state index contributed by atoms with van der Waals surface area (Å²) in [6.45, 7) is 0. The molecule has 8 heteroatoms. The third-order valence-electron chi connectivity index (χ3n) is 8.50. The van der Waals surface area contributed by atoms with E-state index in [9.17, 15) is 19.2 Å². The molecular weight excluding hydrogens is 576 g/mol. The topological polar surface area (TPSA) is 116 Å². The van der Waals surface area contributed by atoms with Gasteiger partial charge in [0.15, 0.2) is 0 Å². The summed E-state index contributed by atoms with van der Waals surface area (Å²) in [5.74, 6) is -1.39. The summed E-state index contributed by atoms with van der Waals surface area (Å²) < 4.78 is 0. The first kappa shape index (κ1) is 32.4. The van der Waals surface area contributed by atoms with Gasteiger partial charge in [-0.15, -0.1) is 0 Å². The molecule has 0 radical (unpaired) electrons. The Balaban J connectivity index is 1.37. The lowest BCUT2D eigenvalue weighted by Crippen LogP contribution is -2.41. The van der Waals surface area contributed by atoms with Gasteiger partial charge in [0.25, 0.3) is 23.6 Å². The minimum Gasteiger partial charge on any atom is -0.348 e. The number of benzene rings is 3. The molecule has 0 unspecified atom stereocenters. The lowest BCUT2D eigenvalue weighted by Gasteiger charge is -2.23. The molecule has 5 rings (SSSR count). The van der Waals surface area contributed by atoms with Gasteiger partial charge in [-0.3, -0.25) is 19.2 Å². The molecule has 3 aromatic carbocycles. The average Bonchev–Trinajstić information content (AvgIpc) is 3.10. The van der Waals surface area contributed by atoms with Gasteiger partial charge >= 0.3 is 0 Å². The second-order valence-corrected chi connectivity index (χ2v) is 12.0. The number of nitrogens with one attached hydrogen (secondary N) is 4. The van der Waals surface area contributed by atoms with Crippen molar-refractivity contribution in [2.24, 2.45) is 0 Å². The quantitative estimate of drug-likeness (QED) is 0.205. The van der Waals surface area contributed by atoms with Gasteiger partial charge in [0.1, 0.15) is 11.4 Å². The van der Waals surface area contributed by atoms with Gasteiger partial charge in [-0.2, -0.15) is 0 Å². The van der Waals surface area contributed by atoms with Crippen LogP contribution in [0.25, 0.3) is 12.2 Å². The molecule has 2 fully saturated rings. The van der Waals surface area contributed by atoms with Crippen LogP contribution in [0.2, 0.25) is 0 Å². The van der Waals surface area contributed by atoms with E-state index in [0.717, 1.165) is 51.4 Å². The van der Waals surface area contributed by atoms with Gasteiger partial charge < -0.3 is 21.3 Å². The zero-order valence-electron chi connectivity index (χ0n) is 26.1. The number of amides is 4. The number of carbonyl (C=O) groups is 4. The van der Waals surface area contributed by atoms with Crippen molar-refractivity contribution >= 4 is 35.8 Å². The molecular formula is C38H42N4O4. The van der Waals surface area contributed by atoms with Gasteiger partial charge in [-0.05, 0) is 73.2 Å². The summed E-state index contributed by atoms with van der Waals surface area (Å²) in [5.41, 5.74) is 2.62. The smallest absolute Gasteiger partial charge is 0.268 e. The zero-order chi connectivity index (χ0) is 32.1. The van der Waals surface area contributed by atoms with Crippen LogP contribution in [0.15, 0.2) is 96.3 Å². The summed E-state index contributed by atoms with van der Waals surface area (Å²) >= 11 is 0. The van der Waals surface area contributed by atoms with Crippen molar-refractivity contribution in [2.45, 2.75) is 76.3 Å². The highest BCUT2D eigenvalue weighted by atomic mass is 16.2. The van der Waals surface area contributed by atoms with Crippen LogP contribution >= 0.6 is 0 Å². The maximum atomic E-state index is 13.4. The molecule has 0 spiro atoms. The Hall–Kier alpha value is -4.98. The predicted molar refractivity (Wildman–Crippen MR) is 180 cm³/mol. The van der Waals surface area contributed by atoms with Crippen LogP contribution in [0, 0.1) is 0 Å². The van der Waals surface area contributed by atoms with Gasteiger partial charge in [-0.1, -0.05) is 99.2 Å². The number of hydrogen-bond donors (Lipinski definition) is 4. The highest BCUT2D eigenvalue weighted by molar-refractivity contribution is 6.06. The van der Waals surface area contributed by atoms with Crippen molar-refractivity contribution in [3.63, 3.8) is 0 Å². The van der Waals surface area contributed by atoms with Crippen LogP contribution in [0.5, 0.6) is 0 Å². The van der Waals surface area contributed by atoms with Gasteiger partial charge in [-0.25, -0.2) is 0 Å². The molecule has 238 valence electrons. The summed E-state index contributed by atoms with van der Waals surface area (Å²) in [5, 5.41) is 11.8. The molecule has 0 saturated heterocycles. The molecule has 2 aliphatic rings. The molecule has 8 nitrogen and oxygen atoms in total. The fourth-order valence-corrected chi connectivity index (χ4v) is 5.93. The van der Waals surface area contributed by atoms with E-state index in [-0.39, 0.29) is 47.1 Å². The summed E-state index contributed by atoms with van der Waals surface area (Å²) in [6, 6.07) is 25.0. The fraction of sp³-hybridized carbons (Fsp3) is 0.316. The van der Waals surface area contributed by atoms with E-state index in [1.54, 1.807) is 60.7 Å². The Morgan fingerprint density at radius 2 is 0.826 bits per heavy atom. The van der Waals surface area contributed by atoms with E-state index in [2.05, 4.69) is 21.3 Å². The van der Waals surface area contributed by atoms with E-state index in [1.165, 1.54) is 12.8 Å². The van der Waals surface area contributed by atoms with Crippen LogP contribution in [-0.4, -0.2) is 35.7 Å². The largest absolute Gasteiger partial charge is 0.348 e. The minimum atomic E-state index is -0.368. The lowest BCUT2D eigenvalue weighted by molar-refractivity contribution is -0.119. The van der Waals surface area contributed by atoms with E-state index >= 15 is 0 Å². The van der Waals surface area contributed by atoms with Crippen molar-refractivity contribution < 1.29 is 19.2 Å². The second kappa shape index (κ2) is 16.4. The molecule has 4 amide bonds. The first-order chi connectivity index (χ1) is 22.4. The van der Waals surface area contributed by atoms with E-state index < -0.39 is 0 Å². The highest BCUT2D eigenvalue weighted by Gasteiger charge is 2.22. The summed E-state index contributed by atoms with van der Waals surface area (Å²) in [4.78, 5) is 52.7. The molecule has 4 N–H and O–H groups in total. The summed E-state index contributed by atoms with van der Waals surface area (Å²) in [6.07, 6.45) is 13.6. The zero-order valence-corrected chi connectivity index (χ0v) is 26.1. The molecule has 3 aromatic rings. The van der Waals surface area contributed by atoms with Crippen molar-refractivity contribution in [1.82, 2.24) is 21.3 Å².